The maximum Gasteiger partial charge on any atom is 0.0524 e. The van der Waals surface area contributed by atoms with E-state index >= 15 is 0 Å². The Balaban J connectivity index is 1.52. The van der Waals surface area contributed by atoms with E-state index < -0.39 is 0 Å². The van der Waals surface area contributed by atoms with Crippen molar-refractivity contribution < 1.29 is 5.11 Å². The van der Waals surface area contributed by atoms with Crippen molar-refractivity contribution in [2.24, 2.45) is 23.2 Å². The van der Waals surface area contributed by atoms with Gasteiger partial charge >= 0.3 is 0 Å². The lowest BCUT2D eigenvalue weighted by Crippen LogP contribution is -2.50. The molecule has 0 aromatic carbocycles. The van der Waals surface area contributed by atoms with Crippen LogP contribution in [0.2, 0.25) is 0 Å². The lowest BCUT2D eigenvalue weighted by Gasteiger charge is -2.57. The third-order valence-electron chi connectivity index (χ3n) is 5.40. The zero-order valence-electron chi connectivity index (χ0n) is 11.1. The first-order valence-corrected chi connectivity index (χ1v) is 7.54. The molecule has 4 bridgehead atoms. The Kier molecular flexibility index (Phi) is 3.20. The van der Waals surface area contributed by atoms with E-state index in [1.807, 2.05) is 6.92 Å². The number of hydrogen-bond donors (Lipinski definition) is 2. The lowest BCUT2D eigenvalue weighted by molar-refractivity contribution is -0.0514. The van der Waals surface area contributed by atoms with Crippen LogP contribution < -0.4 is 5.32 Å². The van der Waals surface area contributed by atoms with Crippen LogP contribution in [0.5, 0.6) is 0 Å². The van der Waals surface area contributed by atoms with Crippen LogP contribution in [-0.2, 0) is 0 Å². The summed E-state index contributed by atoms with van der Waals surface area (Å²) in [5, 5.41) is 12.9. The molecule has 4 saturated carbocycles. The van der Waals surface area contributed by atoms with Crippen LogP contribution in [0.3, 0.4) is 0 Å². The van der Waals surface area contributed by atoms with E-state index in [0.717, 1.165) is 30.7 Å². The van der Waals surface area contributed by atoms with Crippen LogP contribution in [-0.4, -0.2) is 24.3 Å². The number of nitrogens with one attached hydrogen (secondary N) is 1. The van der Waals surface area contributed by atoms with Gasteiger partial charge in [0.1, 0.15) is 0 Å². The summed E-state index contributed by atoms with van der Waals surface area (Å²) >= 11 is 0. The van der Waals surface area contributed by atoms with Crippen LogP contribution in [0.25, 0.3) is 0 Å². The fourth-order valence-corrected chi connectivity index (χ4v) is 5.17. The summed E-state index contributed by atoms with van der Waals surface area (Å²) in [6, 6.07) is 0. The summed E-state index contributed by atoms with van der Waals surface area (Å²) < 4.78 is 0. The standard InChI is InChI=1S/C15H27NO/c1-11(17)2-3-16-10-15-7-12-4-13(8-15)6-14(5-12)9-15/h11-14,16-17H,2-10H2,1H3. The highest BCUT2D eigenvalue weighted by Crippen LogP contribution is 2.59. The highest BCUT2D eigenvalue weighted by molar-refractivity contribution is 5.02. The molecule has 2 heteroatoms. The fraction of sp³-hybridized carbons (Fsp3) is 1.00. The normalized spacial score (nSPS) is 45.2. The van der Waals surface area contributed by atoms with Gasteiger partial charge in [0.15, 0.2) is 0 Å². The molecule has 4 rings (SSSR count). The predicted octanol–water partition coefficient (Wildman–Crippen LogP) is 2.56. The zero-order valence-corrected chi connectivity index (χ0v) is 11.1. The molecule has 0 spiro atoms. The van der Waals surface area contributed by atoms with Crippen LogP contribution in [0.4, 0.5) is 0 Å². The smallest absolute Gasteiger partial charge is 0.0524 e. The van der Waals surface area contributed by atoms with Gasteiger partial charge in [0, 0.05) is 6.54 Å². The van der Waals surface area contributed by atoms with E-state index in [1.54, 1.807) is 0 Å². The van der Waals surface area contributed by atoms with Crippen molar-refractivity contribution in [1.82, 2.24) is 5.32 Å². The maximum atomic E-state index is 9.27. The second kappa shape index (κ2) is 4.55. The second-order valence-electron chi connectivity index (χ2n) is 7.23. The molecule has 4 fully saturated rings. The van der Waals surface area contributed by atoms with Crippen molar-refractivity contribution in [2.45, 2.75) is 58.0 Å². The average Bonchev–Trinajstić information content (AvgIpc) is 2.22. The van der Waals surface area contributed by atoms with Gasteiger partial charge in [-0.05, 0) is 81.6 Å². The first-order chi connectivity index (χ1) is 8.15. The van der Waals surface area contributed by atoms with Crippen molar-refractivity contribution in [3.8, 4) is 0 Å². The Hall–Kier alpha value is -0.0800. The number of aliphatic hydroxyl groups is 1. The van der Waals surface area contributed by atoms with Crippen molar-refractivity contribution in [2.75, 3.05) is 13.1 Å². The minimum atomic E-state index is -0.154. The molecular weight excluding hydrogens is 210 g/mol. The molecular formula is C15H27NO. The summed E-state index contributed by atoms with van der Waals surface area (Å²) in [6.45, 7) is 4.08. The SMILES string of the molecule is CC(O)CCNCC12CC3CC(CC(C3)C1)C2. The van der Waals surface area contributed by atoms with Gasteiger partial charge in [0.25, 0.3) is 0 Å². The first kappa shape index (κ1) is 12.0. The molecule has 1 atom stereocenters. The van der Waals surface area contributed by atoms with Gasteiger partial charge in [-0.1, -0.05) is 0 Å². The molecule has 4 aliphatic rings. The van der Waals surface area contributed by atoms with E-state index in [4.69, 9.17) is 0 Å². The third kappa shape index (κ3) is 2.53. The molecule has 98 valence electrons. The van der Waals surface area contributed by atoms with Crippen molar-refractivity contribution in [1.29, 1.82) is 0 Å². The summed E-state index contributed by atoms with van der Waals surface area (Å²) in [5.41, 5.74) is 0.646. The van der Waals surface area contributed by atoms with Crippen LogP contribution in [0.1, 0.15) is 51.9 Å². The van der Waals surface area contributed by atoms with E-state index in [0.29, 0.717) is 5.41 Å². The van der Waals surface area contributed by atoms with Gasteiger partial charge in [0.2, 0.25) is 0 Å². The van der Waals surface area contributed by atoms with E-state index in [2.05, 4.69) is 5.32 Å². The van der Waals surface area contributed by atoms with E-state index in [1.165, 1.54) is 45.1 Å². The molecule has 2 N–H and O–H groups in total. The van der Waals surface area contributed by atoms with Gasteiger partial charge in [-0.25, -0.2) is 0 Å². The minimum absolute atomic E-state index is 0.154. The van der Waals surface area contributed by atoms with Crippen LogP contribution in [0.15, 0.2) is 0 Å². The number of aliphatic hydroxyl groups excluding tert-OH is 1. The molecule has 0 heterocycles. The van der Waals surface area contributed by atoms with Gasteiger partial charge in [-0.15, -0.1) is 0 Å². The third-order valence-corrected chi connectivity index (χ3v) is 5.40. The average molecular weight is 237 g/mol. The highest BCUT2D eigenvalue weighted by atomic mass is 16.3. The van der Waals surface area contributed by atoms with E-state index in [9.17, 15) is 5.11 Å². The fourth-order valence-electron chi connectivity index (χ4n) is 5.17. The second-order valence-corrected chi connectivity index (χ2v) is 7.23. The van der Waals surface area contributed by atoms with Gasteiger partial charge in [-0.2, -0.15) is 0 Å². The molecule has 2 nitrogen and oxygen atoms in total. The Morgan fingerprint density at radius 2 is 1.65 bits per heavy atom. The van der Waals surface area contributed by atoms with Gasteiger partial charge in [0.05, 0.1) is 6.10 Å². The Morgan fingerprint density at radius 3 is 2.12 bits per heavy atom. The van der Waals surface area contributed by atoms with Crippen LogP contribution in [0, 0.1) is 23.2 Å². The maximum absolute atomic E-state index is 9.27. The van der Waals surface area contributed by atoms with Gasteiger partial charge in [-0.3, -0.25) is 0 Å². The topological polar surface area (TPSA) is 32.3 Å². The molecule has 17 heavy (non-hydrogen) atoms. The number of rotatable bonds is 5. The zero-order chi connectivity index (χ0) is 11.9. The van der Waals surface area contributed by atoms with Gasteiger partial charge < -0.3 is 10.4 Å². The molecule has 0 saturated heterocycles. The molecule has 0 aliphatic heterocycles. The lowest BCUT2D eigenvalue weighted by atomic mass is 9.49. The molecule has 0 radical (unpaired) electrons. The predicted molar refractivity (Wildman–Crippen MR) is 69.8 cm³/mol. The highest BCUT2D eigenvalue weighted by Gasteiger charge is 2.50. The Labute approximate surface area is 105 Å². The summed E-state index contributed by atoms with van der Waals surface area (Å²) in [7, 11) is 0. The Morgan fingerprint density at radius 1 is 1.12 bits per heavy atom. The van der Waals surface area contributed by atoms with Crippen LogP contribution >= 0.6 is 0 Å². The molecule has 4 aliphatic carbocycles. The van der Waals surface area contributed by atoms with Crippen molar-refractivity contribution >= 4 is 0 Å². The molecule has 0 aromatic rings. The Bertz CT molecular complexity index is 239. The summed E-state index contributed by atoms with van der Waals surface area (Å²) in [5.74, 6) is 3.17. The minimum Gasteiger partial charge on any atom is -0.393 e. The molecule has 0 amide bonds. The quantitative estimate of drug-likeness (QED) is 0.720. The summed E-state index contributed by atoms with van der Waals surface area (Å²) in [4.78, 5) is 0. The molecule has 1 unspecified atom stereocenters. The van der Waals surface area contributed by atoms with E-state index in [-0.39, 0.29) is 6.10 Å². The summed E-state index contributed by atoms with van der Waals surface area (Å²) in [6.07, 6.45) is 9.81. The first-order valence-electron chi connectivity index (χ1n) is 7.54. The van der Waals surface area contributed by atoms with Crippen molar-refractivity contribution in [3.05, 3.63) is 0 Å². The molecule has 0 aromatic heterocycles. The largest absolute Gasteiger partial charge is 0.393 e. The monoisotopic (exact) mass is 237 g/mol. The number of hydrogen-bond acceptors (Lipinski definition) is 2. The van der Waals surface area contributed by atoms with Crippen molar-refractivity contribution in [3.63, 3.8) is 0 Å².